The number of hydrogen-bond acceptors (Lipinski definition) is 3. The number of rotatable bonds is 4. The van der Waals surface area contributed by atoms with Gasteiger partial charge in [-0.15, -0.1) is 17.8 Å². The number of benzene rings is 1. The minimum atomic E-state index is -0.150. The number of carbonyl (C=O) groups is 2. The fraction of sp³-hybridized carbons (Fsp3) is 0.263. The van der Waals surface area contributed by atoms with Crippen LogP contribution in [0.25, 0.3) is 0 Å². The Labute approximate surface area is 145 Å². The van der Waals surface area contributed by atoms with Gasteiger partial charge in [-0.05, 0) is 29.6 Å². The molecule has 1 aromatic carbocycles. The standard InChI is InChI=1S/C19H18N2O2S/c1-3-15-6-4-7-17(10-15)21(13-18-8-5-9-24-18)19(23)16-11-20(12-16)14(2)22/h1,4-10,16H,11-13H2,2H3. The summed E-state index contributed by atoms with van der Waals surface area (Å²) in [5, 5.41) is 2.00. The third-order valence-electron chi connectivity index (χ3n) is 4.16. The molecule has 2 heterocycles. The highest BCUT2D eigenvalue weighted by Crippen LogP contribution is 2.26. The Morgan fingerprint density at radius 3 is 2.75 bits per heavy atom. The average Bonchev–Trinajstić information content (AvgIpc) is 3.03. The quantitative estimate of drug-likeness (QED) is 0.804. The second kappa shape index (κ2) is 6.90. The molecule has 0 radical (unpaired) electrons. The lowest BCUT2D eigenvalue weighted by Crippen LogP contribution is -2.55. The van der Waals surface area contributed by atoms with E-state index in [1.165, 1.54) is 6.92 Å². The summed E-state index contributed by atoms with van der Waals surface area (Å²) < 4.78 is 0. The average molecular weight is 338 g/mol. The summed E-state index contributed by atoms with van der Waals surface area (Å²) in [6, 6.07) is 11.4. The molecule has 0 spiro atoms. The highest BCUT2D eigenvalue weighted by molar-refractivity contribution is 7.09. The van der Waals surface area contributed by atoms with Gasteiger partial charge in [0.2, 0.25) is 11.8 Å². The van der Waals surface area contributed by atoms with Crippen LogP contribution in [0, 0.1) is 18.3 Å². The van der Waals surface area contributed by atoms with E-state index < -0.39 is 0 Å². The molecule has 5 heteroatoms. The van der Waals surface area contributed by atoms with Gasteiger partial charge < -0.3 is 9.80 Å². The molecule has 1 saturated heterocycles. The van der Waals surface area contributed by atoms with Gasteiger partial charge in [-0.25, -0.2) is 0 Å². The van der Waals surface area contributed by atoms with Crippen LogP contribution in [0.4, 0.5) is 5.69 Å². The molecule has 3 rings (SSSR count). The Balaban J connectivity index is 1.83. The SMILES string of the molecule is C#Cc1cccc(N(Cc2cccs2)C(=O)C2CN(C(C)=O)C2)c1. The van der Waals surface area contributed by atoms with Crippen LogP contribution in [0.2, 0.25) is 0 Å². The minimum Gasteiger partial charge on any atom is -0.341 e. The van der Waals surface area contributed by atoms with Crippen LogP contribution >= 0.6 is 11.3 Å². The maximum Gasteiger partial charge on any atom is 0.234 e. The maximum absolute atomic E-state index is 13.0. The van der Waals surface area contributed by atoms with Crippen LogP contribution in [0.15, 0.2) is 41.8 Å². The van der Waals surface area contributed by atoms with E-state index in [2.05, 4.69) is 5.92 Å². The molecular formula is C19H18N2O2S. The molecule has 2 amide bonds. The third-order valence-corrected chi connectivity index (χ3v) is 5.02. The van der Waals surface area contributed by atoms with Crippen LogP contribution < -0.4 is 4.90 Å². The lowest BCUT2D eigenvalue weighted by atomic mass is 9.97. The molecule has 0 saturated carbocycles. The van der Waals surface area contributed by atoms with Crippen LogP contribution in [0.1, 0.15) is 17.4 Å². The van der Waals surface area contributed by atoms with Crippen molar-refractivity contribution in [3.63, 3.8) is 0 Å². The van der Waals surface area contributed by atoms with Crippen molar-refractivity contribution in [2.75, 3.05) is 18.0 Å². The highest BCUT2D eigenvalue weighted by Gasteiger charge is 2.37. The first-order valence-corrected chi connectivity index (χ1v) is 8.62. The van der Waals surface area contributed by atoms with Crippen molar-refractivity contribution in [1.29, 1.82) is 0 Å². The van der Waals surface area contributed by atoms with Gasteiger partial charge in [-0.2, -0.15) is 0 Å². The van der Waals surface area contributed by atoms with Crippen molar-refractivity contribution in [2.24, 2.45) is 5.92 Å². The van der Waals surface area contributed by atoms with Crippen LogP contribution in [-0.4, -0.2) is 29.8 Å². The predicted molar refractivity (Wildman–Crippen MR) is 95.6 cm³/mol. The molecular weight excluding hydrogens is 320 g/mol. The van der Waals surface area contributed by atoms with Gasteiger partial charge in [-0.1, -0.05) is 18.1 Å². The molecule has 1 fully saturated rings. The Morgan fingerprint density at radius 1 is 1.33 bits per heavy atom. The van der Waals surface area contributed by atoms with E-state index in [1.54, 1.807) is 21.1 Å². The summed E-state index contributed by atoms with van der Waals surface area (Å²) in [5.41, 5.74) is 1.54. The van der Waals surface area contributed by atoms with Crippen molar-refractivity contribution in [3.05, 3.63) is 52.2 Å². The number of thiophene rings is 1. The Morgan fingerprint density at radius 2 is 2.12 bits per heavy atom. The molecule has 122 valence electrons. The van der Waals surface area contributed by atoms with E-state index in [-0.39, 0.29) is 17.7 Å². The molecule has 1 aliphatic rings. The molecule has 0 aliphatic carbocycles. The topological polar surface area (TPSA) is 40.6 Å². The number of anilines is 1. The van der Waals surface area contributed by atoms with Gasteiger partial charge in [0.25, 0.3) is 0 Å². The third kappa shape index (κ3) is 3.34. The normalized spacial score (nSPS) is 13.9. The molecule has 4 nitrogen and oxygen atoms in total. The van der Waals surface area contributed by atoms with Crippen LogP contribution in [0.3, 0.4) is 0 Å². The first kappa shape index (κ1) is 16.3. The molecule has 0 N–H and O–H groups in total. The lowest BCUT2D eigenvalue weighted by Gasteiger charge is -2.40. The summed E-state index contributed by atoms with van der Waals surface area (Å²) in [4.78, 5) is 28.9. The molecule has 1 aliphatic heterocycles. The first-order valence-electron chi connectivity index (χ1n) is 7.74. The molecule has 24 heavy (non-hydrogen) atoms. The zero-order valence-electron chi connectivity index (χ0n) is 13.4. The number of terminal acetylenes is 1. The fourth-order valence-corrected chi connectivity index (χ4v) is 3.42. The number of likely N-dealkylation sites (tertiary alicyclic amines) is 1. The van der Waals surface area contributed by atoms with E-state index in [1.807, 2.05) is 41.8 Å². The van der Waals surface area contributed by atoms with Gasteiger partial charge in [0.15, 0.2) is 0 Å². The first-order chi connectivity index (χ1) is 11.6. The largest absolute Gasteiger partial charge is 0.341 e. The highest BCUT2D eigenvalue weighted by atomic mass is 32.1. The molecule has 2 aromatic rings. The number of nitrogens with zero attached hydrogens (tertiary/aromatic N) is 2. The van der Waals surface area contributed by atoms with Crippen molar-refractivity contribution in [2.45, 2.75) is 13.5 Å². The van der Waals surface area contributed by atoms with Crippen molar-refractivity contribution in [3.8, 4) is 12.3 Å². The number of hydrogen-bond donors (Lipinski definition) is 0. The summed E-state index contributed by atoms with van der Waals surface area (Å²) in [6.45, 7) is 3.02. The monoisotopic (exact) mass is 338 g/mol. The van der Waals surface area contributed by atoms with E-state index in [9.17, 15) is 9.59 Å². The summed E-state index contributed by atoms with van der Waals surface area (Å²) in [7, 11) is 0. The van der Waals surface area contributed by atoms with E-state index in [0.717, 1.165) is 16.1 Å². The van der Waals surface area contributed by atoms with Crippen LogP contribution in [0.5, 0.6) is 0 Å². The minimum absolute atomic E-state index is 0.0122. The van der Waals surface area contributed by atoms with Crippen molar-refractivity contribution < 1.29 is 9.59 Å². The summed E-state index contributed by atoms with van der Waals surface area (Å²) in [5.74, 6) is 2.51. The Hall–Kier alpha value is -2.58. The van der Waals surface area contributed by atoms with Gasteiger partial charge in [0.1, 0.15) is 0 Å². The van der Waals surface area contributed by atoms with Crippen molar-refractivity contribution >= 4 is 28.8 Å². The molecule has 0 atom stereocenters. The smallest absolute Gasteiger partial charge is 0.234 e. The second-order valence-electron chi connectivity index (χ2n) is 5.82. The van der Waals surface area contributed by atoms with E-state index in [4.69, 9.17) is 6.42 Å². The Kier molecular flexibility index (Phi) is 4.68. The zero-order chi connectivity index (χ0) is 17.1. The van der Waals surface area contributed by atoms with Crippen molar-refractivity contribution in [1.82, 2.24) is 4.90 Å². The molecule has 0 unspecified atom stereocenters. The second-order valence-corrected chi connectivity index (χ2v) is 6.85. The van der Waals surface area contributed by atoms with Gasteiger partial charge in [0, 0.05) is 36.1 Å². The number of carbonyl (C=O) groups excluding carboxylic acids is 2. The summed E-state index contributed by atoms with van der Waals surface area (Å²) in [6.07, 6.45) is 5.48. The maximum atomic E-state index is 13.0. The summed E-state index contributed by atoms with van der Waals surface area (Å²) >= 11 is 1.62. The van der Waals surface area contributed by atoms with Gasteiger partial charge >= 0.3 is 0 Å². The van der Waals surface area contributed by atoms with E-state index in [0.29, 0.717) is 19.6 Å². The van der Waals surface area contributed by atoms with E-state index >= 15 is 0 Å². The van der Waals surface area contributed by atoms with Crippen LogP contribution in [-0.2, 0) is 16.1 Å². The van der Waals surface area contributed by atoms with Gasteiger partial charge in [-0.3, -0.25) is 9.59 Å². The molecule has 1 aromatic heterocycles. The Bertz CT molecular complexity index is 786. The lowest BCUT2D eigenvalue weighted by molar-refractivity contribution is -0.140. The molecule has 0 bridgehead atoms. The van der Waals surface area contributed by atoms with Gasteiger partial charge in [0.05, 0.1) is 12.5 Å². The predicted octanol–water partition coefficient (Wildman–Crippen LogP) is 2.74. The fourth-order valence-electron chi connectivity index (χ4n) is 2.73. The zero-order valence-corrected chi connectivity index (χ0v) is 14.3. The number of amides is 2.